The summed E-state index contributed by atoms with van der Waals surface area (Å²) in [5, 5.41) is 13.0. The fourth-order valence-corrected chi connectivity index (χ4v) is 7.85. The van der Waals surface area contributed by atoms with Gasteiger partial charge in [-0.15, -0.1) is 0 Å². The zero-order chi connectivity index (χ0) is 35.6. The lowest BCUT2D eigenvalue weighted by atomic mass is 9.96. The first kappa shape index (κ1) is 30.4. The largest absolute Gasteiger partial charge is 0.456 e. The fraction of sp³-hybridized carbons (Fsp3) is 0.0417. The van der Waals surface area contributed by atoms with Crippen LogP contribution in [0.1, 0.15) is 34.2 Å². The Labute approximate surface area is 310 Å². The van der Waals surface area contributed by atoms with Crippen molar-refractivity contribution in [3.05, 3.63) is 186 Å². The van der Waals surface area contributed by atoms with E-state index in [0.29, 0.717) is 12.4 Å². The van der Waals surface area contributed by atoms with Crippen LogP contribution >= 0.6 is 0 Å². The lowest BCUT2D eigenvalue weighted by Gasteiger charge is -2.24. The smallest absolute Gasteiger partial charge is 0.159 e. The molecule has 2 aromatic heterocycles. The van der Waals surface area contributed by atoms with Crippen LogP contribution in [-0.2, 0) is 0 Å². The Balaban J connectivity index is 0.953. The highest BCUT2D eigenvalue weighted by Gasteiger charge is 2.27. The summed E-state index contributed by atoms with van der Waals surface area (Å²) in [4.78, 5) is 10.3. The summed E-state index contributed by atoms with van der Waals surface area (Å²) in [5.41, 5.74) is 11.1. The Bertz CT molecular complexity index is 3020. The zero-order valence-corrected chi connectivity index (χ0v) is 29.1. The van der Waals surface area contributed by atoms with E-state index in [-0.39, 0.29) is 6.17 Å². The number of nitrogens with zero attached hydrogens (tertiary/aromatic N) is 2. The number of rotatable bonds is 5. The second-order valence-electron chi connectivity index (χ2n) is 13.9. The molecule has 0 bridgehead atoms. The molecule has 256 valence electrons. The van der Waals surface area contributed by atoms with Crippen LogP contribution in [0.3, 0.4) is 0 Å². The number of para-hydroxylation sites is 1. The van der Waals surface area contributed by atoms with Crippen molar-refractivity contribution in [3.63, 3.8) is 0 Å². The van der Waals surface area contributed by atoms with Crippen molar-refractivity contribution in [2.45, 2.75) is 6.17 Å². The van der Waals surface area contributed by atoms with Gasteiger partial charge in [0.2, 0.25) is 0 Å². The number of hydrogen-bond donors (Lipinski definition) is 2. The standard InChI is InChI=1S/C48H32N4O2/c1-2-10-32(11-3-1)46-50-47(35-23-24-38-37-13-6-7-15-40(37)53-42(38)26-35)52-48(51-46)39-14-8-16-41-44(39)45-43(54-41)27-36(28-49-45)31-19-17-30(18-20-31)34-22-21-29-9-4-5-12-33(29)25-34/h1-27,47,49H,28H2,(H,50,51,52). The number of anilines is 1. The predicted octanol–water partition coefficient (Wildman–Crippen LogP) is 11.6. The molecule has 9 aromatic rings. The van der Waals surface area contributed by atoms with Gasteiger partial charge in [-0.05, 0) is 63.4 Å². The summed E-state index contributed by atoms with van der Waals surface area (Å²) in [6.45, 7) is 0.669. The van der Waals surface area contributed by atoms with Crippen LogP contribution in [0.15, 0.2) is 177 Å². The van der Waals surface area contributed by atoms with Gasteiger partial charge in [0.1, 0.15) is 28.8 Å². The molecule has 0 amide bonds. The van der Waals surface area contributed by atoms with Crippen LogP contribution in [-0.4, -0.2) is 18.2 Å². The molecule has 54 heavy (non-hydrogen) atoms. The summed E-state index contributed by atoms with van der Waals surface area (Å²) >= 11 is 0. The van der Waals surface area contributed by atoms with Gasteiger partial charge in [0.25, 0.3) is 0 Å². The SMILES string of the molecule is C1=C(c2ccc(-c3ccc4ccccc4c3)cc2)CNc2c1oc1cccc(C3=NC(c4ccccc4)=NC(c4ccc5c(c4)oc4ccccc45)N3)c21. The van der Waals surface area contributed by atoms with Crippen molar-refractivity contribution in [3.8, 4) is 11.1 Å². The molecular formula is C48H32N4O2. The molecule has 2 aliphatic heterocycles. The van der Waals surface area contributed by atoms with Crippen LogP contribution in [0, 0.1) is 0 Å². The predicted molar refractivity (Wildman–Crippen MR) is 221 cm³/mol. The van der Waals surface area contributed by atoms with Gasteiger partial charge in [0, 0.05) is 34.0 Å². The number of aliphatic imine (C=N–C) groups is 2. The van der Waals surface area contributed by atoms with Crippen LogP contribution < -0.4 is 10.6 Å². The molecular weight excluding hydrogens is 665 g/mol. The number of amidine groups is 2. The fourth-order valence-electron chi connectivity index (χ4n) is 7.85. The van der Waals surface area contributed by atoms with Gasteiger partial charge < -0.3 is 19.5 Å². The van der Waals surface area contributed by atoms with E-state index >= 15 is 0 Å². The summed E-state index contributed by atoms with van der Waals surface area (Å²) < 4.78 is 12.8. The number of furan rings is 2. The zero-order valence-electron chi connectivity index (χ0n) is 29.1. The monoisotopic (exact) mass is 696 g/mol. The summed E-state index contributed by atoms with van der Waals surface area (Å²) in [6.07, 6.45) is 1.78. The first-order chi connectivity index (χ1) is 26.7. The molecule has 0 spiro atoms. The molecule has 0 aliphatic carbocycles. The highest BCUT2D eigenvalue weighted by molar-refractivity contribution is 6.20. The minimum Gasteiger partial charge on any atom is -0.456 e. The second kappa shape index (κ2) is 12.2. The molecule has 2 N–H and O–H groups in total. The highest BCUT2D eigenvalue weighted by atomic mass is 16.3. The minimum absolute atomic E-state index is 0.389. The van der Waals surface area contributed by atoms with Crippen molar-refractivity contribution >= 4 is 72.7 Å². The molecule has 2 aliphatic rings. The lowest BCUT2D eigenvalue weighted by molar-refractivity contribution is 0.604. The quantitative estimate of drug-likeness (QED) is 0.188. The summed E-state index contributed by atoms with van der Waals surface area (Å²) in [6, 6.07) is 54.7. The van der Waals surface area contributed by atoms with Crippen molar-refractivity contribution in [1.82, 2.24) is 5.32 Å². The van der Waals surface area contributed by atoms with E-state index in [0.717, 1.165) is 72.4 Å². The third-order valence-electron chi connectivity index (χ3n) is 10.6. The van der Waals surface area contributed by atoms with Gasteiger partial charge in [-0.2, -0.15) is 0 Å². The van der Waals surface area contributed by atoms with Gasteiger partial charge in [-0.1, -0.05) is 133 Å². The van der Waals surface area contributed by atoms with Crippen molar-refractivity contribution in [2.75, 3.05) is 11.9 Å². The number of fused-ring (bicyclic) bond motifs is 7. The number of hydrogen-bond acceptors (Lipinski definition) is 6. The topological polar surface area (TPSA) is 75.1 Å². The average Bonchev–Trinajstić information content (AvgIpc) is 3.81. The van der Waals surface area contributed by atoms with Crippen molar-refractivity contribution in [1.29, 1.82) is 0 Å². The normalized spacial score (nSPS) is 15.4. The van der Waals surface area contributed by atoms with Gasteiger partial charge in [-0.3, -0.25) is 0 Å². The Morgan fingerprint density at radius 3 is 2.22 bits per heavy atom. The van der Waals surface area contributed by atoms with Gasteiger partial charge in [0.05, 0.1) is 11.1 Å². The van der Waals surface area contributed by atoms with E-state index < -0.39 is 0 Å². The van der Waals surface area contributed by atoms with Crippen LogP contribution in [0.5, 0.6) is 0 Å². The molecule has 1 atom stereocenters. The van der Waals surface area contributed by atoms with Crippen LogP contribution in [0.2, 0.25) is 0 Å². The average molecular weight is 697 g/mol. The molecule has 0 fully saturated rings. The Morgan fingerprint density at radius 2 is 1.31 bits per heavy atom. The van der Waals surface area contributed by atoms with Gasteiger partial charge in [-0.25, -0.2) is 9.98 Å². The molecule has 4 heterocycles. The van der Waals surface area contributed by atoms with Crippen molar-refractivity contribution < 1.29 is 8.83 Å². The number of benzene rings is 7. The Hall–Kier alpha value is -7.18. The molecule has 6 nitrogen and oxygen atoms in total. The molecule has 0 radical (unpaired) electrons. The maximum Gasteiger partial charge on any atom is 0.159 e. The molecule has 7 aromatic carbocycles. The minimum atomic E-state index is -0.389. The molecule has 0 saturated heterocycles. The Kier molecular flexibility index (Phi) is 6.89. The van der Waals surface area contributed by atoms with E-state index in [1.807, 2.05) is 60.7 Å². The third kappa shape index (κ3) is 5.11. The molecule has 1 unspecified atom stereocenters. The van der Waals surface area contributed by atoms with E-state index in [4.69, 9.17) is 18.8 Å². The van der Waals surface area contributed by atoms with Crippen LogP contribution in [0.25, 0.3) is 66.5 Å². The van der Waals surface area contributed by atoms with E-state index in [2.05, 4.69) is 114 Å². The second-order valence-corrected chi connectivity index (χ2v) is 13.9. The maximum absolute atomic E-state index is 6.54. The van der Waals surface area contributed by atoms with E-state index in [1.165, 1.54) is 27.5 Å². The summed E-state index contributed by atoms with van der Waals surface area (Å²) in [5.74, 6) is 2.20. The first-order valence-electron chi connectivity index (χ1n) is 18.2. The highest BCUT2D eigenvalue weighted by Crippen LogP contribution is 2.40. The number of nitrogens with one attached hydrogen (secondary N) is 2. The third-order valence-corrected chi connectivity index (χ3v) is 10.6. The maximum atomic E-state index is 6.54. The van der Waals surface area contributed by atoms with Gasteiger partial charge in [0.15, 0.2) is 11.6 Å². The van der Waals surface area contributed by atoms with E-state index in [1.54, 1.807) is 0 Å². The molecule has 0 saturated carbocycles. The first-order valence-corrected chi connectivity index (χ1v) is 18.2. The molecule has 6 heteroatoms. The molecule has 11 rings (SSSR count). The van der Waals surface area contributed by atoms with Crippen molar-refractivity contribution in [2.24, 2.45) is 9.98 Å². The van der Waals surface area contributed by atoms with Crippen LogP contribution in [0.4, 0.5) is 5.69 Å². The van der Waals surface area contributed by atoms with Gasteiger partial charge >= 0.3 is 0 Å². The van der Waals surface area contributed by atoms with E-state index in [9.17, 15) is 0 Å². The lowest BCUT2D eigenvalue weighted by Crippen LogP contribution is -2.33. The summed E-state index contributed by atoms with van der Waals surface area (Å²) in [7, 11) is 0. The Morgan fingerprint density at radius 1 is 0.556 bits per heavy atom.